The van der Waals surface area contributed by atoms with E-state index in [9.17, 15) is 24.3 Å². The average molecular weight is 1190 g/mol. The normalized spacial score (nSPS) is 12.8. The first-order valence-corrected chi connectivity index (χ1v) is 30.1. The lowest BCUT2D eigenvalue weighted by molar-refractivity contribution is -0.125. The number of aliphatic hydroxyl groups excluding tert-OH is 1. The number of hydrogen-bond acceptors (Lipinski definition) is 18. The Morgan fingerprint density at radius 2 is 1.36 bits per heavy atom. The first-order valence-electron chi connectivity index (χ1n) is 27.5. The molecule has 1 aliphatic heterocycles. The number of phenols is 1. The predicted molar refractivity (Wildman–Crippen MR) is 323 cm³/mol. The Kier molecular flexibility index (Phi) is 31.8. The maximum Gasteiger partial charge on any atom is 0.321 e. The van der Waals surface area contributed by atoms with Crippen molar-refractivity contribution in [3.05, 3.63) is 136 Å². The predicted octanol–water partition coefficient (Wildman–Crippen LogP) is 6.37. The summed E-state index contributed by atoms with van der Waals surface area (Å²) in [5, 5.41) is 25.1. The van der Waals surface area contributed by atoms with Gasteiger partial charge < -0.3 is 83.6 Å². The van der Waals surface area contributed by atoms with E-state index in [-0.39, 0.29) is 110 Å². The number of ether oxygens (including phenoxy) is 6. The number of nitrogens with one attached hydrogen (secondary N) is 2. The van der Waals surface area contributed by atoms with Crippen molar-refractivity contribution in [3.63, 3.8) is 0 Å². The molecule has 5 aromatic rings. The van der Waals surface area contributed by atoms with Crippen molar-refractivity contribution < 1.29 is 71.7 Å². The Morgan fingerprint density at radius 3 is 2.01 bits per heavy atom. The summed E-state index contributed by atoms with van der Waals surface area (Å²) in [4.78, 5) is 72.2. The number of phenolic OH excluding ortho intramolecular Hbond substituents is 1. The van der Waals surface area contributed by atoms with Gasteiger partial charge in [0, 0.05) is 61.4 Å². The Morgan fingerprint density at radius 1 is 0.759 bits per heavy atom. The summed E-state index contributed by atoms with van der Waals surface area (Å²) < 4.78 is 44.4. The summed E-state index contributed by atoms with van der Waals surface area (Å²) in [5.41, 5.74) is 11.3. The van der Waals surface area contributed by atoms with Crippen LogP contribution in [0.15, 0.2) is 113 Å². The van der Waals surface area contributed by atoms with Crippen LogP contribution >= 0.6 is 6.72 Å². The molecule has 22 nitrogen and oxygen atoms in total. The third-order valence-electron chi connectivity index (χ3n) is 12.3. The van der Waals surface area contributed by atoms with Crippen molar-refractivity contribution in [3.8, 4) is 22.8 Å². The summed E-state index contributed by atoms with van der Waals surface area (Å²) >= 11 is 4.45. The Labute approximate surface area is 490 Å². The first-order chi connectivity index (χ1) is 40.3. The minimum absolute atomic E-state index is 0.0000396. The summed E-state index contributed by atoms with van der Waals surface area (Å²) in [6.45, 7) is 8.91. The smallest absolute Gasteiger partial charge is 0.321 e. The topological polar surface area (TPSA) is 310 Å². The minimum atomic E-state index is -3.64. The molecule has 0 atom stereocenters. The molecule has 1 aromatic heterocycles. The monoisotopic (exact) mass is 1190 g/mol. The molecule has 0 unspecified atom stereocenters. The van der Waals surface area contributed by atoms with Crippen LogP contribution in [0.4, 0.5) is 5.69 Å². The highest BCUT2D eigenvalue weighted by Gasteiger charge is 2.28. The summed E-state index contributed by atoms with van der Waals surface area (Å²) in [5.74, 6) is 6.08. The fraction of sp³-hybridized carbons (Fsp3) is 0.424. The summed E-state index contributed by atoms with van der Waals surface area (Å²) in [6, 6.07) is 25.9. The average Bonchev–Trinajstić information content (AvgIpc) is 2.86. The number of hydrazine groups is 1. The van der Waals surface area contributed by atoms with E-state index in [0.717, 1.165) is 37.5 Å². The molecule has 6 rings (SSSR count). The molecular weight excluding hydrogens is 1110 g/mol. The minimum Gasteiger partial charge on any atom is -0.502 e. The van der Waals surface area contributed by atoms with Crippen molar-refractivity contribution in [2.24, 2.45) is 11.6 Å². The number of fused-ring (bicyclic) bond motifs is 3. The SMILES string of the molecule is C=CCOc1ccc2c(=O)cc(-c3ccc(C(=O)NCCOCCOCCOCCOCCOCCN(N)/C4=C(\N)c5ccccc5CN(C(=O)CCC(=O)NCCCCCCOP(O)(O)=S)c5ccccc54)cc3)oc2c1O.CC.CO. The van der Waals surface area contributed by atoms with Crippen LogP contribution in [0.5, 0.6) is 11.5 Å². The van der Waals surface area contributed by atoms with E-state index in [1.807, 2.05) is 62.4 Å². The van der Waals surface area contributed by atoms with E-state index in [1.165, 1.54) is 29.3 Å². The van der Waals surface area contributed by atoms with Gasteiger partial charge in [0.2, 0.25) is 17.6 Å². The van der Waals surface area contributed by atoms with Crippen molar-refractivity contribution in [1.82, 2.24) is 15.6 Å². The molecule has 24 heteroatoms. The number of aromatic hydroxyl groups is 1. The molecule has 454 valence electrons. The van der Waals surface area contributed by atoms with Crippen molar-refractivity contribution in [2.75, 3.05) is 111 Å². The standard InChI is InChI=1S/C56H71N6O15PS.C2H6.CH4O/c1-2-26-75-48-20-19-45-47(63)38-49(77-55(45)54(48)66)40-15-17-41(18-16-40)56(67)60-24-28-70-30-32-72-34-36-74-37-35-73-33-31-71-29-25-62(58)53-44-13-7-8-14-46(44)61(39-42-11-5-6-12-43(42)52(53)57)51(65)22-21-50(64)59-23-9-3-4-10-27-76-78(68,69)79;2*1-2/h2,5-8,11-20,38,66H,1,3-4,9-10,21-37,39,57-58H2,(H,59,64)(H,60,67)(H2,68,69,79);1-2H3;2H,1H3/b53-52-;;. The fourth-order valence-corrected chi connectivity index (χ4v) is 8.89. The van der Waals surface area contributed by atoms with Gasteiger partial charge in [0.1, 0.15) is 12.4 Å². The molecule has 0 saturated heterocycles. The highest BCUT2D eigenvalue weighted by molar-refractivity contribution is 8.06. The molecule has 0 aliphatic carbocycles. The molecule has 0 bridgehead atoms. The van der Waals surface area contributed by atoms with Gasteiger partial charge in [-0.15, -0.1) is 0 Å². The first kappa shape index (κ1) is 68.9. The molecule has 3 amide bonds. The number of amides is 3. The Hall–Kier alpha value is -6.57. The largest absolute Gasteiger partial charge is 0.502 e. The van der Waals surface area contributed by atoms with Gasteiger partial charge in [-0.1, -0.05) is 93.9 Å². The number of rotatable bonds is 35. The van der Waals surface area contributed by atoms with E-state index in [2.05, 4.69) is 29.0 Å². The molecule has 10 N–H and O–H groups in total. The number of benzene rings is 4. The number of anilines is 1. The lowest BCUT2D eigenvalue weighted by Crippen LogP contribution is -2.38. The van der Waals surface area contributed by atoms with E-state index < -0.39 is 6.72 Å². The van der Waals surface area contributed by atoms with Crippen LogP contribution in [0.2, 0.25) is 0 Å². The number of nitrogens with zero attached hydrogens (tertiary/aromatic N) is 2. The van der Waals surface area contributed by atoms with Gasteiger partial charge in [-0.05, 0) is 60.5 Å². The van der Waals surface area contributed by atoms with E-state index in [1.54, 1.807) is 29.2 Å². The van der Waals surface area contributed by atoms with Crippen molar-refractivity contribution in [2.45, 2.75) is 58.9 Å². The van der Waals surface area contributed by atoms with E-state index in [4.69, 9.17) is 63.8 Å². The molecule has 2 heterocycles. The second kappa shape index (κ2) is 38.3. The quantitative estimate of drug-likeness (QED) is 0.00718. The number of aliphatic hydroxyl groups is 1. The highest BCUT2D eigenvalue weighted by Crippen LogP contribution is 2.39. The summed E-state index contributed by atoms with van der Waals surface area (Å²) in [6.07, 6.45) is 4.47. The zero-order chi connectivity index (χ0) is 60.4. The molecule has 0 saturated carbocycles. The van der Waals surface area contributed by atoms with Gasteiger partial charge in [-0.25, -0.2) is 5.84 Å². The van der Waals surface area contributed by atoms with Crippen LogP contribution in [0, 0.1) is 0 Å². The molecule has 83 heavy (non-hydrogen) atoms. The van der Waals surface area contributed by atoms with E-state index in [0.29, 0.717) is 99.6 Å². The number of carbonyl (C=O) groups is 3. The van der Waals surface area contributed by atoms with Gasteiger partial charge in [0.15, 0.2) is 16.8 Å². The molecule has 0 fully saturated rings. The number of nitrogens with two attached hydrogens (primary N) is 2. The maximum atomic E-state index is 13.9. The third kappa shape index (κ3) is 23.2. The number of hydrogen-bond donors (Lipinski definition) is 8. The van der Waals surface area contributed by atoms with Gasteiger partial charge in [0.25, 0.3) is 5.91 Å². The summed E-state index contributed by atoms with van der Waals surface area (Å²) in [7, 11) is 1.00. The zero-order valence-corrected chi connectivity index (χ0v) is 49.3. The van der Waals surface area contributed by atoms with Crippen LogP contribution in [-0.4, -0.2) is 149 Å². The van der Waals surface area contributed by atoms with Crippen molar-refractivity contribution in [1.29, 1.82) is 0 Å². The number of carbonyl (C=O) groups excluding carboxylic acids is 3. The van der Waals surface area contributed by atoms with Gasteiger partial charge in [0.05, 0.1) is 108 Å². The second-order valence-corrected chi connectivity index (χ2v) is 20.6. The number of para-hydroxylation sites is 1. The van der Waals surface area contributed by atoms with Gasteiger partial charge >= 0.3 is 6.72 Å². The van der Waals surface area contributed by atoms with Crippen LogP contribution in [0.25, 0.3) is 33.7 Å². The molecule has 0 spiro atoms. The molecule has 0 radical (unpaired) electrons. The molecular formula is C59H81N6O16PS. The zero-order valence-electron chi connectivity index (χ0n) is 47.6. The number of unbranched alkanes of at least 4 members (excludes halogenated alkanes) is 3. The van der Waals surface area contributed by atoms with Crippen LogP contribution < -0.4 is 37.3 Å². The van der Waals surface area contributed by atoms with Crippen LogP contribution in [-0.2, 0) is 56.1 Å². The molecule has 4 aromatic carbocycles. The fourth-order valence-electron chi connectivity index (χ4n) is 8.30. The maximum absolute atomic E-state index is 13.9. The van der Waals surface area contributed by atoms with E-state index >= 15 is 0 Å². The lowest BCUT2D eigenvalue weighted by Gasteiger charge is -2.33. The van der Waals surface area contributed by atoms with Crippen molar-refractivity contribution >= 4 is 64.3 Å². The Bertz CT molecular complexity index is 2940. The third-order valence-corrected chi connectivity index (χ3v) is 13.1. The highest BCUT2D eigenvalue weighted by atomic mass is 32.5. The van der Waals surface area contributed by atoms with Gasteiger partial charge in [-0.2, -0.15) is 0 Å². The van der Waals surface area contributed by atoms with Crippen LogP contribution in [0.1, 0.15) is 79.4 Å². The molecule has 1 aliphatic rings. The van der Waals surface area contributed by atoms with Gasteiger partial charge in [-0.3, -0.25) is 19.2 Å². The Balaban J connectivity index is 0.00000362. The lowest BCUT2D eigenvalue weighted by atomic mass is 9.95. The van der Waals surface area contributed by atoms with Crippen LogP contribution in [0.3, 0.4) is 0 Å². The second-order valence-electron chi connectivity index (χ2n) is 18.0.